The second-order valence-corrected chi connectivity index (χ2v) is 7.15. The van der Waals surface area contributed by atoms with Crippen molar-refractivity contribution in [1.82, 2.24) is 4.90 Å². The second kappa shape index (κ2) is 4.65. The van der Waals surface area contributed by atoms with E-state index in [4.69, 9.17) is 0 Å². The van der Waals surface area contributed by atoms with E-state index in [-0.39, 0.29) is 18.9 Å². The Bertz CT molecular complexity index is 707. The summed E-state index contributed by atoms with van der Waals surface area (Å²) in [5.41, 5.74) is -3.00. The van der Waals surface area contributed by atoms with Crippen molar-refractivity contribution in [2.45, 2.75) is 50.2 Å². The minimum absolute atomic E-state index is 0.0846. The fraction of sp³-hybridized carbons (Fsp3) is 0.588. The number of rotatable bonds is 0. The number of hydrogen-bond donors (Lipinski definition) is 2. The van der Waals surface area contributed by atoms with Crippen LogP contribution < -0.4 is 5.32 Å². The summed E-state index contributed by atoms with van der Waals surface area (Å²) in [4.78, 5) is 14.0. The SMILES string of the molecule is CC1CCCC2C13Nc1ccccc1CN3C(=O)C2(O)C(F)(F)F. The van der Waals surface area contributed by atoms with Gasteiger partial charge in [-0.25, -0.2) is 0 Å². The van der Waals surface area contributed by atoms with Gasteiger partial charge in [-0.2, -0.15) is 13.2 Å². The molecule has 2 N–H and O–H groups in total. The molecule has 1 saturated carbocycles. The first kappa shape index (κ1) is 15.7. The Morgan fingerprint density at radius 1 is 1.29 bits per heavy atom. The average molecular weight is 340 g/mol. The Labute approximate surface area is 137 Å². The summed E-state index contributed by atoms with van der Waals surface area (Å²) >= 11 is 0. The molecule has 24 heavy (non-hydrogen) atoms. The van der Waals surface area contributed by atoms with Crippen LogP contribution in [0.15, 0.2) is 24.3 Å². The lowest BCUT2D eigenvalue weighted by Gasteiger charge is -2.53. The van der Waals surface area contributed by atoms with Crippen molar-refractivity contribution in [3.05, 3.63) is 29.8 Å². The molecule has 1 aliphatic carbocycles. The van der Waals surface area contributed by atoms with Crippen molar-refractivity contribution in [3.8, 4) is 0 Å². The lowest BCUT2D eigenvalue weighted by atomic mass is 9.67. The van der Waals surface area contributed by atoms with Gasteiger partial charge in [-0.05, 0) is 30.4 Å². The number of aliphatic hydroxyl groups is 1. The molecule has 1 aromatic rings. The molecule has 0 bridgehead atoms. The summed E-state index contributed by atoms with van der Waals surface area (Å²) in [5.74, 6) is -2.63. The lowest BCUT2D eigenvalue weighted by molar-refractivity contribution is -0.266. The first-order valence-electron chi connectivity index (χ1n) is 8.20. The average Bonchev–Trinajstić information content (AvgIpc) is 2.73. The molecule has 130 valence electrons. The molecule has 2 fully saturated rings. The zero-order chi connectivity index (χ0) is 17.3. The number of carbonyl (C=O) groups is 1. The predicted molar refractivity (Wildman–Crippen MR) is 80.9 cm³/mol. The van der Waals surface area contributed by atoms with Crippen LogP contribution in [-0.4, -0.2) is 33.4 Å². The van der Waals surface area contributed by atoms with E-state index in [1.54, 1.807) is 12.1 Å². The van der Waals surface area contributed by atoms with Gasteiger partial charge in [0.05, 0.1) is 6.54 Å². The minimum atomic E-state index is -5.00. The molecule has 4 unspecified atom stereocenters. The Kier molecular flexibility index (Phi) is 3.05. The van der Waals surface area contributed by atoms with Gasteiger partial charge in [-0.1, -0.05) is 31.5 Å². The third-order valence-corrected chi connectivity index (χ3v) is 6.05. The zero-order valence-corrected chi connectivity index (χ0v) is 13.2. The van der Waals surface area contributed by atoms with Crippen molar-refractivity contribution < 1.29 is 23.1 Å². The maximum atomic E-state index is 13.7. The summed E-state index contributed by atoms with van der Waals surface area (Å²) in [6.07, 6.45) is -3.55. The topological polar surface area (TPSA) is 52.6 Å². The van der Waals surface area contributed by atoms with Crippen molar-refractivity contribution >= 4 is 11.6 Å². The number of hydrogen-bond acceptors (Lipinski definition) is 3. The van der Waals surface area contributed by atoms with E-state index in [1.807, 2.05) is 19.1 Å². The van der Waals surface area contributed by atoms with E-state index in [0.717, 1.165) is 11.3 Å². The maximum Gasteiger partial charge on any atom is 0.426 e. The van der Waals surface area contributed by atoms with E-state index in [1.165, 1.54) is 4.90 Å². The molecule has 4 atom stereocenters. The molecule has 4 nitrogen and oxygen atoms in total. The first-order chi connectivity index (χ1) is 11.2. The Hall–Kier alpha value is -1.76. The minimum Gasteiger partial charge on any atom is -0.372 e. The quantitative estimate of drug-likeness (QED) is 0.764. The Morgan fingerprint density at radius 2 is 2.00 bits per heavy atom. The van der Waals surface area contributed by atoms with Crippen molar-refractivity contribution in [3.63, 3.8) is 0 Å². The highest BCUT2D eigenvalue weighted by Crippen LogP contribution is 2.59. The number of carbonyl (C=O) groups excluding carboxylic acids is 1. The summed E-state index contributed by atoms with van der Waals surface area (Å²) in [6, 6.07) is 7.20. The third-order valence-electron chi connectivity index (χ3n) is 6.05. The number of alkyl halides is 3. The van der Waals surface area contributed by atoms with Gasteiger partial charge in [0.15, 0.2) is 0 Å². The van der Waals surface area contributed by atoms with Crippen LogP contribution in [-0.2, 0) is 11.3 Å². The van der Waals surface area contributed by atoms with E-state index in [0.29, 0.717) is 12.8 Å². The number of amides is 1. The number of anilines is 1. The second-order valence-electron chi connectivity index (χ2n) is 7.15. The van der Waals surface area contributed by atoms with Gasteiger partial charge in [0, 0.05) is 11.6 Å². The van der Waals surface area contributed by atoms with Gasteiger partial charge in [0.1, 0.15) is 5.66 Å². The summed E-state index contributed by atoms with van der Waals surface area (Å²) in [5, 5.41) is 13.8. The van der Waals surface area contributed by atoms with Crippen molar-refractivity contribution in [1.29, 1.82) is 0 Å². The molecular weight excluding hydrogens is 321 g/mol. The van der Waals surface area contributed by atoms with Crippen LogP contribution in [0.3, 0.4) is 0 Å². The van der Waals surface area contributed by atoms with E-state index in [2.05, 4.69) is 5.32 Å². The highest BCUT2D eigenvalue weighted by molar-refractivity contribution is 5.92. The monoisotopic (exact) mass is 340 g/mol. The van der Waals surface area contributed by atoms with Crippen molar-refractivity contribution in [2.75, 3.05) is 5.32 Å². The highest BCUT2D eigenvalue weighted by Gasteiger charge is 2.78. The number of nitrogens with one attached hydrogen (secondary N) is 1. The van der Waals surface area contributed by atoms with Crippen molar-refractivity contribution in [2.24, 2.45) is 11.8 Å². The van der Waals surface area contributed by atoms with Gasteiger partial charge >= 0.3 is 6.18 Å². The molecule has 1 spiro atoms. The molecule has 1 aromatic carbocycles. The first-order valence-corrected chi connectivity index (χ1v) is 8.20. The molecule has 2 heterocycles. The Morgan fingerprint density at radius 3 is 2.71 bits per heavy atom. The largest absolute Gasteiger partial charge is 0.426 e. The molecule has 3 aliphatic rings. The molecule has 4 rings (SSSR count). The molecule has 1 amide bonds. The van der Waals surface area contributed by atoms with Gasteiger partial charge in [0.25, 0.3) is 5.91 Å². The van der Waals surface area contributed by atoms with Crippen LogP contribution in [0.5, 0.6) is 0 Å². The molecule has 2 aliphatic heterocycles. The molecular formula is C17H19F3N2O2. The van der Waals surface area contributed by atoms with Crippen LogP contribution in [0, 0.1) is 11.8 Å². The lowest BCUT2D eigenvalue weighted by Crippen LogP contribution is -2.64. The fourth-order valence-corrected chi connectivity index (χ4v) is 4.88. The normalized spacial score (nSPS) is 38.2. The predicted octanol–water partition coefficient (Wildman–Crippen LogP) is 2.88. The number of fused-ring (bicyclic) bond motifs is 1. The van der Waals surface area contributed by atoms with Gasteiger partial charge in [-0.15, -0.1) is 0 Å². The van der Waals surface area contributed by atoms with Gasteiger partial charge < -0.3 is 15.3 Å². The van der Waals surface area contributed by atoms with Crippen LogP contribution in [0.4, 0.5) is 18.9 Å². The van der Waals surface area contributed by atoms with E-state index >= 15 is 0 Å². The number of halogens is 3. The molecule has 7 heteroatoms. The summed E-state index contributed by atoms with van der Waals surface area (Å²) in [6.45, 7) is 1.94. The van der Waals surface area contributed by atoms with Crippen LogP contribution in [0.25, 0.3) is 0 Å². The number of nitrogens with zero attached hydrogens (tertiary/aromatic N) is 1. The van der Waals surface area contributed by atoms with Gasteiger partial charge in [-0.3, -0.25) is 4.79 Å². The number of benzene rings is 1. The van der Waals surface area contributed by atoms with Crippen LogP contribution >= 0.6 is 0 Å². The highest BCUT2D eigenvalue weighted by atomic mass is 19.4. The third kappa shape index (κ3) is 1.66. The zero-order valence-electron chi connectivity index (χ0n) is 13.2. The van der Waals surface area contributed by atoms with E-state index in [9.17, 15) is 23.1 Å². The molecule has 1 saturated heterocycles. The maximum absolute atomic E-state index is 13.7. The van der Waals surface area contributed by atoms with Crippen LogP contribution in [0.2, 0.25) is 0 Å². The summed E-state index contributed by atoms with van der Waals surface area (Å²) in [7, 11) is 0. The number of para-hydroxylation sites is 1. The Balaban J connectivity index is 1.92. The van der Waals surface area contributed by atoms with E-state index < -0.39 is 29.3 Å². The van der Waals surface area contributed by atoms with Crippen LogP contribution in [0.1, 0.15) is 31.7 Å². The molecule has 0 radical (unpaired) electrons. The molecule has 0 aromatic heterocycles. The van der Waals surface area contributed by atoms with Gasteiger partial charge in [0.2, 0.25) is 5.60 Å². The smallest absolute Gasteiger partial charge is 0.372 e. The standard InChI is InChI=1S/C17H19F3N2O2/c1-10-5-4-8-13-15(24,17(18,19)20)14(23)22-9-11-6-2-3-7-12(11)21-16(10,13)22/h2-3,6-7,10,13,21,24H,4-5,8-9H2,1H3. The fourth-order valence-electron chi connectivity index (χ4n) is 4.88. The summed E-state index contributed by atoms with van der Waals surface area (Å²) < 4.78 is 41.2.